The van der Waals surface area contributed by atoms with Crippen LogP contribution < -0.4 is 11.1 Å². The quantitative estimate of drug-likeness (QED) is 0.815. The molecule has 94 valence electrons. The molecular weight excluding hydrogens is 236 g/mol. The maximum absolute atomic E-state index is 6.02. The van der Waals surface area contributed by atoms with Gasteiger partial charge in [0.15, 0.2) is 0 Å². The van der Waals surface area contributed by atoms with Crippen molar-refractivity contribution in [1.82, 2.24) is 0 Å². The number of benzene rings is 1. The number of nitrogens with two attached hydrogens (primary N) is 1. The zero-order valence-electron chi connectivity index (χ0n) is 10.1. The Morgan fingerprint density at radius 2 is 2.12 bits per heavy atom. The van der Waals surface area contributed by atoms with Gasteiger partial charge >= 0.3 is 0 Å². The van der Waals surface area contributed by atoms with E-state index in [1.165, 1.54) is 0 Å². The van der Waals surface area contributed by atoms with Crippen molar-refractivity contribution >= 4 is 23.0 Å². The van der Waals surface area contributed by atoms with Crippen molar-refractivity contribution < 1.29 is 4.74 Å². The van der Waals surface area contributed by atoms with Crippen molar-refractivity contribution in [2.24, 2.45) is 5.92 Å². The Hall–Kier alpha value is -0.930. The summed E-state index contributed by atoms with van der Waals surface area (Å²) in [6.45, 7) is 4.78. The van der Waals surface area contributed by atoms with E-state index in [-0.39, 0.29) is 0 Å². The summed E-state index contributed by atoms with van der Waals surface area (Å²) < 4.78 is 5.34. The van der Waals surface area contributed by atoms with Gasteiger partial charge in [0.2, 0.25) is 0 Å². The van der Waals surface area contributed by atoms with E-state index in [9.17, 15) is 0 Å². The van der Waals surface area contributed by atoms with E-state index in [2.05, 4.69) is 5.32 Å². The third-order valence-corrected chi connectivity index (χ3v) is 3.59. The van der Waals surface area contributed by atoms with Gasteiger partial charge in [-0.2, -0.15) is 0 Å². The lowest BCUT2D eigenvalue weighted by Gasteiger charge is -2.23. The first kappa shape index (κ1) is 12.5. The third kappa shape index (κ3) is 3.27. The normalized spacial score (nSPS) is 17.1. The molecule has 0 saturated carbocycles. The molecule has 1 aliphatic heterocycles. The first-order valence-corrected chi connectivity index (χ1v) is 6.42. The number of hydrogen-bond acceptors (Lipinski definition) is 3. The number of ether oxygens (including phenoxy) is 1. The second-order valence-corrected chi connectivity index (χ2v) is 5.03. The molecule has 0 aromatic heterocycles. The average Bonchev–Trinajstić information content (AvgIpc) is 2.33. The fraction of sp³-hybridized carbons (Fsp3) is 0.538. The second-order valence-electron chi connectivity index (χ2n) is 4.63. The van der Waals surface area contributed by atoms with Crippen LogP contribution in [0.25, 0.3) is 0 Å². The molecule has 0 atom stereocenters. The largest absolute Gasteiger partial charge is 0.398 e. The molecule has 0 bridgehead atoms. The summed E-state index contributed by atoms with van der Waals surface area (Å²) in [4.78, 5) is 0. The molecule has 0 unspecified atom stereocenters. The van der Waals surface area contributed by atoms with Crippen molar-refractivity contribution in [2.75, 3.05) is 30.8 Å². The van der Waals surface area contributed by atoms with Gasteiger partial charge in [-0.1, -0.05) is 11.6 Å². The maximum Gasteiger partial charge on any atom is 0.0656 e. The molecule has 0 spiro atoms. The molecule has 1 heterocycles. The predicted molar refractivity (Wildman–Crippen MR) is 72.6 cm³/mol. The van der Waals surface area contributed by atoms with Gasteiger partial charge in [0, 0.05) is 25.4 Å². The fourth-order valence-electron chi connectivity index (χ4n) is 2.10. The van der Waals surface area contributed by atoms with Crippen LogP contribution in [0.4, 0.5) is 11.4 Å². The van der Waals surface area contributed by atoms with E-state index < -0.39 is 0 Å². The highest BCUT2D eigenvalue weighted by Crippen LogP contribution is 2.27. The molecule has 4 heteroatoms. The summed E-state index contributed by atoms with van der Waals surface area (Å²) in [6.07, 6.45) is 2.27. The topological polar surface area (TPSA) is 47.3 Å². The Morgan fingerprint density at radius 3 is 2.82 bits per heavy atom. The number of halogens is 1. The summed E-state index contributed by atoms with van der Waals surface area (Å²) in [6, 6.07) is 3.82. The monoisotopic (exact) mass is 254 g/mol. The van der Waals surface area contributed by atoms with Crippen LogP contribution in [-0.2, 0) is 4.74 Å². The molecule has 1 aliphatic rings. The molecule has 1 aromatic rings. The molecule has 0 amide bonds. The van der Waals surface area contributed by atoms with Gasteiger partial charge in [-0.25, -0.2) is 0 Å². The van der Waals surface area contributed by atoms with Crippen molar-refractivity contribution in [1.29, 1.82) is 0 Å². The van der Waals surface area contributed by atoms with Crippen LogP contribution in [0.5, 0.6) is 0 Å². The molecule has 0 radical (unpaired) electrons. The van der Waals surface area contributed by atoms with Gasteiger partial charge in [-0.15, -0.1) is 0 Å². The van der Waals surface area contributed by atoms with Crippen LogP contribution in [0.2, 0.25) is 5.02 Å². The Balaban J connectivity index is 1.96. The number of rotatable bonds is 3. The van der Waals surface area contributed by atoms with E-state index in [0.717, 1.165) is 43.9 Å². The standard InChI is InChI=1S/C13H19ClN2O/c1-9-6-12(15)11(14)7-13(9)16-8-10-2-4-17-5-3-10/h6-7,10,16H,2-5,8,15H2,1H3. The lowest BCUT2D eigenvalue weighted by Crippen LogP contribution is -2.22. The van der Waals surface area contributed by atoms with Crippen LogP contribution in [-0.4, -0.2) is 19.8 Å². The Kier molecular flexibility index (Phi) is 4.13. The number of nitrogen functional groups attached to an aromatic ring is 1. The second kappa shape index (κ2) is 5.61. The number of anilines is 2. The highest BCUT2D eigenvalue weighted by Gasteiger charge is 2.13. The van der Waals surface area contributed by atoms with Crippen molar-refractivity contribution in [3.8, 4) is 0 Å². The summed E-state index contributed by atoms with van der Waals surface area (Å²) in [5, 5.41) is 4.07. The van der Waals surface area contributed by atoms with Crippen LogP contribution in [0.3, 0.4) is 0 Å². The zero-order chi connectivity index (χ0) is 12.3. The first-order chi connectivity index (χ1) is 8.16. The predicted octanol–water partition coefficient (Wildman–Crippen LogP) is 3.07. The molecular formula is C13H19ClN2O. The van der Waals surface area contributed by atoms with Gasteiger partial charge in [-0.05, 0) is 43.4 Å². The van der Waals surface area contributed by atoms with E-state index in [0.29, 0.717) is 16.6 Å². The van der Waals surface area contributed by atoms with Crippen LogP contribution in [0.1, 0.15) is 18.4 Å². The lowest BCUT2D eigenvalue weighted by molar-refractivity contribution is 0.0699. The SMILES string of the molecule is Cc1cc(N)c(Cl)cc1NCC1CCOCC1. The van der Waals surface area contributed by atoms with Crippen LogP contribution in [0.15, 0.2) is 12.1 Å². The smallest absolute Gasteiger partial charge is 0.0656 e. The number of hydrogen-bond donors (Lipinski definition) is 2. The van der Waals surface area contributed by atoms with Crippen molar-refractivity contribution in [3.63, 3.8) is 0 Å². The number of nitrogens with one attached hydrogen (secondary N) is 1. The zero-order valence-corrected chi connectivity index (χ0v) is 10.9. The summed E-state index contributed by atoms with van der Waals surface area (Å²) in [5.41, 5.74) is 8.61. The van der Waals surface area contributed by atoms with Gasteiger partial charge < -0.3 is 15.8 Å². The molecule has 3 N–H and O–H groups in total. The third-order valence-electron chi connectivity index (χ3n) is 3.27. The Bertz CT molecular complexity index is 389. The summed E-state index contributed by atoms with van der Waals surface area (Å²) in [7, 11) is 0. The number of aryl methyl sites for hydroxylation is 1. The maximum atomic E-state index is 6.02. The molecule has 2 rings (SSSR count). The van der Waals surface area contributed by atoms with Crippen LogP contribution in [0, 0.1) is 12.8 Å². The van der Waals surface area contributed by atoms with E-state index in [4.69, 9.17) is 22.1 Å². The summed E-state index contributed by atoms with van der Waals surface area (Å²) in [5.74, 6) is 0.694. The molecule has 1 fully saturated rings. The van der Waals surface area contributed by atoms with E-state index in [1.807, 2.05) is 19.1 Å². The molecule has 1 aromatic carbocycles. The minimum Gasteiger partial charge on any atom is -0.398 e. The van der Waals surface area contributed by atoms with Crippen molar-refractivity contribution in [2.45, 2.75) is 19.8 Å². The average molecular weight is 255 g/mol. The minimum atomic E-state index is 0.616. The molecule has 17 heavy (non-hydrogen) atoms. The Morgan fingerprint density at radius 1 is 1.41 bits per heavy atom. The van der Waals surface area contributed by atoms with Crippen molar-refractivity contribution in [3.05, 3.63) is 22.7 Å². The Labute approximate surface area is 107 Å². The highest BCUT2D eigenvalue weighted by atomic mass is 35.5. The molecule has 1 saturated heterocycles. The first-order valence-electron chi connectivity index (χ1n) is 6.04. The van der Waals surface area contributed by atoms with Gasteiger partial charge in [-0.3, -0.25) is 0 Å². The minimum absolute atomic E-state index is 0.616. The van der Waals surface area contributed by atoms with Gasteiger partial charge in [0.05, 0.1) is 10.7 Å². The fourth-order valence-corrected chi connectivity index (χ4v) is 2.26. The van der Waals surface area contributed by atoms with E-state index >= 15 is 0 Å². The molecule has 3 nitrogen and oxygen atoms in total. The lowest BCUT2D eigenvalue weighted by atomic mass is 10.00. The van der Waals surface area contributed by atoms with E-state index in [1.54, 1.807) is 0 Å². The van der Waals surface area contributed by atoms with Gasteiger partial charge in [0.1, 0.15) is 0 Å². The molecule has 0 aliphatic carbocycles. The summed E-state index contributed by atoms with van der Waals surface area (Å²) >= 11 is 6.02. The van der Waals surface area contributed by atoms with Gasteiger partial charge in [0.25, 0.3) is 0 Å². The van der Waals surface area contributed by atoms with Crippen LogP contribution >= 0.6 is 11.6 Å². The highest BCUT2D eigenvalue weighted by molar-refractivity contribution is 6.33.